The van der Waals surface area contributed by atoms with Gasteiger partial charge in [-0.25, -0.2) is 4.98 Å². The van der Waals surface area contributed by atoms with E-state index in [2.05, 4.69) is 10.3 Å². The number of rotatable bonds is 5. The van der Waals surface area contributed by atoms with Gasteiger partial charge in [0.15, 0.2) is 0 Å². The molecule has 0 aliphatic carbocycles. The van der Waals surface area contributed by atoms with Crippen LogP contribution in [-0.4, -0.2) is 26.3 Å². The second kappa shape index (κ2) is 6.85. The van der Waals surface area contributed by atoms with Crippen molar-refractivity contribution in [1.82, 2.24) is 9.55 Å². The number of carbonyl (C=O) groups is 2. The molecule has 0 spiro atoms. The lowest BCUT2D eigenvalue weighted by molar-refractivity contribution is -0.384. The Hall–Kier alpha value is -4.01. The summed E-state index contributed by atoms with van der Waals surface area (Å²) in [6, 6.07) is 10.2. The Labute approximate surface area is 147 Å². The van der Waals surface area contributed by atoms with E-state index < -0.39 is 16.7 Å². The third kappa shape index (κ3) is 3.41. The number of hydrogen-bond acceptors (Lipinski definition) is 5. The summed E-state index contributed by atoms with van der Waals surface area (Å²) in [6.45, 7) is 0. The number of primary amides is 1. The zero-order valence-electron chi connectivity index (χ0n) is 13.3. The molecule has 1 aromatic heterocycles. The summed E-state index contributed by atoms with van der Waals surface area (Å²) in [5.74, 6) is -1.17. The number of hydrogen-bond donors (Lipinski definition) is 2. The second-order valence-electron chi connectivity index (χ2n) is 5.33. The molecule has 3 aromatic rings. The maximum absolute atomic E-state index is 12.4. The smallest absolute Gasteiger partial charge is 0.294 e. The average molecular weight is 351 g/mol. The van der Waals surface area contributed by atoms with Crippen LogP contribution >= 0.6 is 0 Å². The highest BCUT2D eigenvalue weighted by Crippen LogP contribution is 2.24. The number of nitrogens with zero attached hydrogens (tertiary/aromatic N) is 3. The van der Waals surface area contributed by atoms with Crippen LogP contribution in [0.1, 0.15) is 20.7 Å². The number of nitro groups is 1. The molecule has 0 saturated heterocycles. The monoisotopic (exact) mass is 351 g/mol. The molecule has 0 aliphatic heterocycles. The molecule has 3 rings (SSSR count). The van der Waals surface area contributed by atoms with Crippen molar-refractivity contribution in [2.24, 2.45) is 5.73 Å². The van der Waals surface area contributed by atoms with Gasteiger partial charge in [-0.2, -0.15) is 0 Å². The van der Waals surface area contributed by atoms with E-state index in [1.54, 1.807) is 18.3 Å². The van der Waals surface area contributed by atoms with E-state index in [0.29, 0.717) is 11.4 Å². The summed E-state index contributed by atoms with van der Waals surface area (Å²) < 4.78 is 1.48. The minimum atomic E-state index is -0.624. The second-order valence-corrected chi connectivity index (χ2v) is 5.33. The molecule has 0 bridgehead atoms. The number of anilines is 1. The number of carbonyl (C=O) groups excluding carboxylic acids is 2. The zero-order chi connectivity index (χ0) is 18.7. The molecule has 2 aromatic carbocycles. The highest BCUT2D eigenvalue weighted by Gasteiger charge is 2.19. The lowest BCUT2D eigenvalue weighted by Crippen LogP contribution is -2.15. The van der Waals surface area contributed by atoms with Gasteiger partial charge in [0.25, 0.3) is 11.6 Å². The van der Waals surface area contributed by atoms with Crippen molar-refractivity contribution in [3.63, 3.8) is 0 Å². The molecule has 0 radical (unpaired) electrons. The van der Waals surface area contributed by atoms with Gasteiger partial charge in [-0.15, -0.1) is 0 Å². The van der Waals surface area contributed by atoms with Gasteiger partial charge in [-0.05, 0) is 30.3 Å². The van der Waals surface area contributed by atoms with Crippen LogP contribution in [0.3, 0.4) is 0 Å². The van der Waals surface area contributed by atoms with E-state index in [4.69, 9.17) is 5.73 Å². The number of aromatic nitrogens is 2. The quantitative estimate of drug-likeness (QED) is 0.536. The summed E-state index contributed by atoms with van der Waals surface area (Å²) in [6.07, 6.45) is 4.49. The van der Waals surface area contributed by atoms with Crippen molar-refractivity contribution in [3.8, 4) is 5.69 Å². The van der Waals surface area contributed by atoms with Crippen molar-refractivity contribution >= 4 is 23.2 Å². The Morgan fingerprint density at radius 3 is 2.62 bits per heavy atom. The normalized spacial score (nSPS) is 10.3. The Bertz CT molecular complexity index is 998. The van der Waals surface area contributed by atoms with E-state index in [1.165, 1.54) is 47.4 Å². The van der Waals surface area contributed by atoms with E-state index in [9.17, 15) is 19.7 Å². The van der Waals surface area contributed by atoms with Crippen molar-refractivity contribution in [2.75, 3.05) is 5.32 Å². The summed E-state index contributed by atoms with van der Waals surface area (Å²) >= 11 is 0. The number of nitro benzene ring substituents is 1. The Morgan fingerprint density at radius 1 is 1.15 bits per heavy atom. The van der Waals surface area contributed by atoms with Crippen LogP contribution in [0.2, 0.25) is 0 Å². The molecule has 0 unspecified atom stereocenters. The minimum absolute atomic E-state index is 0.102. The van der Waals surface area contributed by atoms with Crippen molar-refractivity contribution in [1.29, 1.82) is 0 Å². The van der Waals surface area contributed by atoms with Crippen LogP contribution in [0.25, 0.3) is 5.69 Å². The van der Waals surface area contributed by atoms with Crippen LogP contribution in [-0.2, 0) is 0 Å². The molecule has 0 atom stereocenters. The maximum atomic E-state index is 12.4. The summed E-state index contributed by atoms with van der Waals surface area (Å²) in [4.78, 5) is 38.3. The largest absolute Gasteiger partial charge is 0.366 e. The molecular formula is C17H13N5O4. The molecule has 9 heteroatoms. The van der Waals surface area contributed by atoms with Crippen molar-refractivity contribution in [2.45, 2.75) is 0 Å². The molecular weight excluding hydrogens is 338 g/mol. The summed E-state index contributed by atoms with van der Waals surface area (Å²) in [7, 11) is 0. The van der Waals surface area contributed by atoms with Crippen molar-refractivity contribution < 1.29 is 14.5 Å². The van der Waals surface area contributed by atoms with Crippen LogP contribution < -0.4 is 11.1 Å². The number of nitrogens with one attached hydrogen (secondary N) is 1. The first kappa shape index (κ1) is 16.8. The van der Waals surface area contributed by atoms with Gasteiger partial charge in [0.05, 0.1) is 11.3 Å². The molecule has 0 saturated carbocycles. The fourth-order valence-corrected chi connectivity index (χ4v) is 2.38. The molecule has 0 fully saturated rings. The number of benzene rings is 2. The fourth-order valence-electron chi connectivity index (χ4n) is 2.38. The van der Waals surface area contributed by atoms with E-state index in [-0.39, 0.29) is 16.8 Å². The standard InChI is InChI=1S/C17H13N5O4/c18-16(23)11-2-1-3-13(8-11)20-17(24)12-4-5-14(15(9-12)22(25)26)21-7-6-19-10-21/h1-10H,(H2,18,23)(H,20,24). The van der Waals surface area contributed by atoms with E-state index >= 15 is 0 Å². The van der Waals surface area contributed by atoms with Gasteiger partial charge < -0.3 is 15.6 Å². The fraction of sp³-hybridized carbons (Fsp3) is 0. The maximum Gasteiger partial charge on any atom is 0.294 e. The minimum Gasteiger partial charge on any atom is -0.366 e. The first-order valence-electron chi connectivity index (χ1n) is 7.43. The lowest BCUT2D eigenvalue weighted by Gasteiger charge is -2.08. The van der Waals surface area contributed by atoms with Crippen LogP contribution in [0, 0.1) is 10.1 Å². The molecule has 130 valence electrons. The predicted molar refractivity (Wildman–Crippen MR) is 93.1 cm³/mol. The first-order valence-corrected chi connectivity index (χ1v) is 7.43. The highest BCUT2D eigenvalue weighted by atomic mass is 16.6. The van der Waals surface area contributed by atoms with Crippen LogP contribution in [0.4, 0.5) is 11.4 Å². The van der Waals surface area contributed by atoms with Gasteiger partial charge in [0.1, 0.15) is 5.69 Å². The van der Waals surface area contributed by atoms with Gasteiger partial charge in [0.2, 0.25) is 5.91 Å². The summed E-state index contributed by atoms with van der Waals surface area (Å²) in [5.41, 5.74) is 5.96. The first-order chi connectivity index (χ1) is 12.5. The molecule has 1 heterocycles. The average Bonchev–Trinajstić information content (AvgIpc) is 3.15. The third-order valence-electron chi connectivity index (χ3n) is 3.62. The van der Waals surface area contributed by atoms with Gasteiger partial charge in [-0.3, -0.25) is 19.7 Å². The number of amides is 2. The van der Waals surface area contributed by atoms with E-state index in [0.717, 1.165) is 0 Å². The van der Waals surface area contributed by atoms with Crippen LogP contribution in [0.5, 0.6) is 0 Å². The molecule has 26 heavy (non-hydrogen) atoms. The van der Waals surface area contributed by atoms with Gasteiger partial charge in [0, 0.05) is 35.3 Å². The molecule has 9 nitrogen and oxygen atoms in total. The lowest BCUT2D eigenvalue weighted by atomic mass is 10.1. The van der Waals surface area contributed by atoms with Crippen LogP contribution in [0.15, 0.2) is 61.2 Å². The Balaban J connectivity index is 1.90. The number of imidazole rings is 1. The van der Waals surface area contributed by atoms with Gasteiger partial charge >= 0.3 is 0 Å². The topological polar surface area (TPSA) is 133 Å². The number of nitrogens with two attached hydrogens (primary N) is 1. The molecule has 2 amide bonds. The van der Waals surface area contributed by atoms with Crippen molar-refractivity contribution in [3.05, 3.63) is 82.4 Å². The highest BCUT2D eigenvalue weighted by molar-refractivity contribution is 6.05. The summed E-state index contributed by atoms with van der Waals surface area (Å²) in [5, 5.41) is 13.9. The zero-order valence-corrected chi connectivity index (χ0v) is 13.3. The third-order valence-corrected chi connectivity index (χ3v) is 3.62. The Morgan fingerprint density at radius 2 is 1.96 bits per heavy atom. The predicted octanol–water partition coefficient (Wildman–Crippen LogP) is 2.13. The SMILES string of the molecule is NC(=O)c1cccc(NC(=O)c2ccc(-n3ccnc3)c([N+](=O)[O-])c2)c1. The van der Waals surface area contributed by atoms with E-state index in [1.807, 2.05) is 0 Å². The molecule has 0 aliphatic rings. The molecule has 3 N–H and O–H groups in total. The Kier molecular flexibility index (Phi) is 4.44. The van der Waals surface area contributed by atoms with Gasteiger partial charge in [-0.1, -0.05) is 6.07 Å².